The topological polar surface area (TPSA) is 72.0 Å². The van der Waals surface area contributed by atoms with Crippen LogP contribution in [0.1, 0.15) is 44.2 Å². The van der Waals surface area contributed by atoms with Crippen LogP contribution in [-0.2, 0) is 21.3 Å². The summed E-state index contributed by atoms with van der Waals surface area (Å²) in [4.78, 5) is 6.91. The van der Waals surface area contributed by atoms with Crippen molar-refractivity contribution < 1.29 is 17.9 Å². The van der Waals surface area contributed by atoms with Crippen molar-refractivity contribution in [2.24, 2.45) is 0 Å². The van der Waals surface area contributed by atoms with Gasteiger partial charge in [-0.15, -0.1) is 0 Å². The van der Waals surface area contributed by atoms with E-state index in [0.717, 1.165) is 63.9 Å². The molecule has 3 aliphatic heterocycles. The van der Waals surface area contributed by atoms with Gasteiger partial charge in [0, 0.05) is 37.8 Å². The van der Waals surface area contributed by atoms with E-state index in [1.807, 2.05) is 18.2 Å². The summed E-state index contributed by atoms with van der Waals surface area (Å²) >= 11 is 0. The number of ether oxygens (including phenoxy) is 2. The van der Waals surface area contributed by atoms with Crippen LogP contribution in [0, 0.1) is 0 Å². The van der Waals surface area contributed by atoms with Crippen LogP contribution in [0.25, 0.3) is 0 Å². The van der Waals surface area contributed by atoms with Crippen LogP contribution in [0.5, 0.6) is 5.88 Å². The highest BCUT2D eigenvalue weighted by Crippen LogP contribution is 2.39. The van der Waals surface area contributed by atoms with Crippen molar-refractivity contribution in [3.8, 4) is 5.88 Å². The van der Waals surface area contributed by atoms with Crippen molar-refractivity contribution in [3.63, 3.8) is 0 Å². The summed E-state index contributed by atoms with van der Waals surface area (Å²) in [5.41, 5.74) is 1.03. The molecule has 1 unspecified atom stereocenters. The number of nitrogens with zero attached hydrogens (tertiary/aromatic N) is 3. The highest BCUT2D eigenvalue weighted by molar-refractivity contribution is 7.88. The summed E-state index contributed by atoms with van der Waals surface area (Å²) in [6.07, 6.45) is 7.50. The van der Waals surface area contributed by atoms with Gasteiger partial charge in [-0.05, 0) is 44.6 Å². The number of hydrogen-bond acceptors (Lipinski definition) is 6. The second-order valence-electron chi connectivity index (χ2n) is 8.35. The van der Waals surface area contributed by atoms with Gasteiger partial charge in [-0.3, -0.25) is 4.90 Å². The lowest BCUT2D eigenvalue weighted by Crippen LogP contribution is -2.49. The highest BCUT2D eigenvalue weighted by Gasteiger charge is 2.46. The third-order valence-corrected chi connectivity index (χ3v) is 7.66. The largest absolute Gasteiger partial charge is 0.481 e. The van der Waals surface area contributed by atoms with Gasteiger partial charge < -0.3 is 9.47 Å². The Hall–Kier alpha value is -1.22. The van der Waals surface area contributed by atoms with E-state index in [9.17, 15) is 8.42 Å². The third kappa shape index (κ3) is 4.50. The number of rotatable bonds is 6. The molecule has 0 aromatic carbocycles. The maximum atomic E-state index is 12.0. The first kappa shape index (κ1) is 20.1. The molecule has 0 aliphatic carbocycles. The van der Waals surface area contributed by atoms with Crippen LogP contribution >= 0.6 is 0 Å². The van der Waals surface area contributed by atoms with Gasteiger partial charge in [-0.25, -0.2) is 13.4 Å². The van der Waals surface area contributed by atoms with Gasteiger partial charge in [0.25, 0.3) is 0 Å². The first-order valence-corrected chi connectivity index (χ1v) is 12.1. The number of aromatic nitrogens is 1. The zero-order chi connectivity index (χ0) is 19.7. The fourth-order valence-electron chi connectivity index (χ4n) is 5.10. The molecular formula is C20H31N3O4S. The molecular weight excluding hydrogens is 378 g/mol. The average molecular weight is 410 g/mol. The zero-order valence-electron chi connectivity index (χ0n) is 16.8. The fourth-order valence-corrected chi connectivity index (χ4v) is 6.57. The average Bonchev–Trinajstić information content (AvgIpc) is 2.96. The van der Waals surface area contributed by atoms with Crippen molar-refractivity contribution in [1.82, 2.24) is 14.2 Å². The van der Waals surface area contributed by atoms with E-state index >= 15 is 0 Å². The van der Waals surface area contributed by atoms with Crippen molar-refractivity contribution in [2.75, 3.05) is 26.5 Å². The maximum absolute atomic E-state index is 12.0. The molecule has 0 saturated carbocycles. The number of hydrogen-bond donors (Lipinski definition) is 0. The SMILES string of the molecule is COc1cccc(CN2CCC(OC3C[C@H]4CC[C@@H](C3)N4S(C)(=O)=O)CC2)n1. The molecule has 4 heterocycles. The van der Waals surface area contributed by atoms with Crippen molar-refractivity contribution in [1.29, 1.82) is 0 Å². The van der Waals surface area contributed by atoms with Crippen LogP contribution in [0.4, 0.5) is 0 Å². The molecule has 3 atom stereocenters. The molecule has 156 valence electrons. The molecule has 1 aromatic rings. The minimum absolute atomic E-state index is 0.137. The van der Waals surface area contributed by atoms with Crippen LogP contribution in [0.3, 0.4) is 0 Å². The Kier molecular flexibility index (Phi) is 5.92. The van der Waals surface area contributed by atoms with Gasteiger partial charge in [0.2, 0.25) is 15.9 Å². The van der Waals surface area contributed by atoms with Crippen molar-refractivity contribution >= 4 is 10.0 Å². The smallest absolute Gasteiger partial charge is 0.213 e. The lowest BCUT2D eigenvalue weighted by atomic mass is 10.0. The van der Waals surface area contributed by atoms with Gasteiger partial charge in [-0.2, -0.15) is 4.31 Å². The Labute approximate surface area is 168 Å². The molecule has 7 nitrogen and oxygen atoms in total. The number of likely N-dealkylation sites (tertiary alicyclic amines) is 1. The lowest BCUT2D eigenvalue weighted by molar-refractivity contribution is -0.0697. The number of methoxy groups -OCH3 is 1. The molecule has 8 heteroatoms. The lowest BCUT2D eigenvalue weighted by Gasteiger charge is -2.40. The molecule has 28 heavy (non-hydrogen) atoms. The van der Waals surface area contributed by atoms with Crippen LogP contribution in [0.15, 0.2) is 18.2 Å². The van der Waals surface area contributed by atoms with Gasteiger partial charge in [0.1, 0.15) is 0 Å². The first-order chi connectivity index (χ1) is 13.4. The highest BCUT2D eigenvalue weighted by atomic mass is 32.2. The number of sulfonamides is 1. The molecule has 0 spiro atoms. The van der Waals surface area contributed by atoms with E-state index in [-0.39, 0.29) is 24.3 Å². The Morgan fingerprint density at radius 2 is 1.75 bits per heavy atom. The molecule has 4 rings (SSSR count). The predicted octanol–water partition coefficient (Wildman–Crippen LogP) is 2.03. The fraction of sp³-hybridized carbons (Fsp3) is 0.750. The van der Waals surface area contributed by atoms with E-state index in [1.54, 1.807) is 11.4 Å². The third-order valence-electron chi connectivity index (χ3n) is 6.30. The molecule has 3 aliphatic rings. The van der Waals surface area contributed by atoms with E-state index in [4.69, 9.17) is 9.47 Å². The van der Waals surface area contributed by atoms with Gasteiger partial charge in [0.05, 0.1) is 31.3 Å². The van der Waals surface area contributed by atoms with E-state index < -0.39 is 10.0 Å². The summed E-state index contributed by atoms with van der Waals surface area (Å²) in [5, 5.41) is 0. The number of fused-ring (bicyclic) bond motifs is 2. The summed E-state index contributed by atoms with van der Waals surface area (Å²) < 4.78 is 37.5. The number of pyridine rings is 1. The van der Waals surface area contributed by atoms with Gasteiger partial charge in [0.15, 0.2) is 0 Å². The van der Waals surface area contributed by atoms with Crippen molar-refractivity contribution in [3.05, 3.63) is 23.9 Å². The normalized spacial score (nSPS) is 29.9. The molecule has 3 fully saturated rings. The van der Waals surface area contributed by atoms with Crippen LogP contribution in [-0.4, -0.2) is 73.4 Å². The molecule has 0 radical (unpaired) electrons. The Balaban J connectivity index is 1.25. The zero-order valence-corrected chi connectivity index (χ0v) is 17.6. The molecule has 3 saturated heterocycles. The minimum atomic E-state index is -3.10. The first-order valence-electron chi connectivity index (χ1n) is 10.3. The minimum Gasteiger partial charge on any atom is -0.481 e. The second-order valence-corrected chi connectivity index (χ2v) is 10.2. The molecule has 1 aromatic heterocycles. The van der Waals surface area contributed by atoms with Gasteiger partial charge >= 0.3 is 0 Å². The standard InChI is InChI=1S/C20H31N3O4S/c1-26-20-5-3-4-15(21-20)14-22-10-8-18(9-11-22)27-19-12-16-6-7-17(13-19)23(16)28(2,24)25/h3-5,16-19H,6-14H2,1-2H3/t16-,17+,19?. The summed E-state index contributed by atoms with van der Waals surface area (Å²) in [7, 11) is -1.46. The molecule has 0 amide bonds. The quantitative estimate of drug-likeness (QED) is 0.716. The second kappa shape index (κ2) is 8.26. The monoisotopic (exact) mass is 409 g/mol. The predicted molar refractivity (Wildman–Crippen MR) is 107 cm³/mol. The van der Waals surface area contributed by atoms with Crippen molar-refractivity contribution in [2.45, 2.75) is 69.4 Å². The summed E-state index contributed by atoms with van der Waals surface area (Å²) in [6.45, 7) is 2.83. The van der Waals surface area contributed by atoms with Gasteiger partial charge in [-0.1, -0.05) is 6.07 Å². The Morgan fingerprint density at radius 3 is 2.36 bits per heavy atom. The molecule has 2 bridgehead atoms. The maximum Gasteiger partial charge on any atom is 0.213 e. The number of piperidine rings is 2. The summed E-state index contributed by atoms with van der Waals surface area (Å²) in [5.74, 6) is 0.658. The van der Waals surface area contributed by atoms with E-state index in [0.29, 0.717) is 5.88 Å². The van der Waals surface area contributed by atoms with E-state index in [2.05, 4.69) is 9.88 Å². The van der Waals surface area contributed by atoms with Crippen LogP contribution < -0.4 is 4.74 Å². The Morgan fingerprint density at radius 1 is 1.07 bits per heavy atom. The van der Waals surface area contributed by atoms with E-state index in [1.165, 1.54) is 6.26 Å². The summed E-state index contributed by atoms with van der Waals surface area (Å²) in [6, 6.07) is 6.16. The molecule has 0 N–H and O–H groups in total. The van der Waals surface area contributed by atoms with Crippen LogP contribution in [0.2, 0.25) is 0 Å². The Bertz CT molecular complexity index is 765.